The van der Waals surface area contributed by atoms with E-state index in [9.17, 15) is 0 Å². The van der Waals surface area contributed by atoms with Crippen LogP contribution in [-0.2, 0) is 12.8 Å². The zero-order chi connectivity index (χ0) is 13.0. The Hall–Kier alpha value is -0.860. The van der Waals surface area contributed by atoms with Gasteiger partial charge >= 0.3 is 0 Å². The van der Waals surface area contributed by atoms with Crippen LogP contribution in [0.3, 0.4) is 0 Å². The Morgan fingerprint density at radius 2 is 2.00 bits per heavy atom. The van der Waals surface area contributed by atoms with E-state index in [1.807, 2.05) is 6.92 Å². The molecule has 2 aromatic rings. The summed E-state index contributed by atoms with van der Waals surface area (Å²) in [4.78, 5) is 4.52. The van der Waals surface area contributed by atoms with Crippen LogP contribution < -0.4 is 0 Å². The van der Waals surface area contributed by atoms with Crippen LogP contribution in [0.25, 0.3) is 0 Å². The minimum absolute atomic E-state index is 0.467. The summed E-state index contributed by atoms with van der Waals surface area (Å²) >= 11 is 7.81. The fourth-order valence-corrected chi connectivity index (χ4v) is 2.97. The van der Waals surface area contributed by atoms with Crippen LogP contribution in [0.4, 0.5) is 0 Å². The molecule has 1 aromatic heterocycles. The lowest BCUT2D eigenvalue weighted by molar-refractivity contribution is 0.575. The molecule has 1 unspecified atom stereocenters. The van der Waals surface area contributed by atoms with Gasteiger partial charge in [0.05, 0.1) is 10.7 Å². The summed E-state index contributed by atoms with van der Waals surface area (Å²) in [6, 6.07) is 8.54. The number of hydrogen-bond donors (Lipinski definition) is 0. The van der Waals surface area contributed by atoms with Crippen LogP contribution in [0, 0.1) is 19.8 Å². The number of aryl methyl sites for hydroxylation is 2. The van der Waals surface area contributed by atoms with Gasteiger partial charge in [0, 0.05) is 11.3 Å². The van der Waals surface area contributed by atoms with Gasteiger partial charge in [0.1, 0.15) is 0 Å². The van der Waals surface area contributed by atoms with Crippen molar-refractivity contribution < 1.29 is 0 Å². The fraction of sp³-hybridized carbons (Fsp3) is 0.400. The van der Waals surface area contributed by atoms with Crippen LogP contribution in [0.15, 0.2) is 29.6 Å². The zero-order valence-electron chi connectivity index (χ0n) is 10.8. The van der Waals surface area contributed by atoms with Crippen molar-refractivity contribution in [1.29, 1.82) is 0 Å². The minimum Gasteiger partial charge on any atom is -0.247 e. The summed E-state index contributed by atoms with van der Waals surface area (Å²) in [5, 5.41) is 3.28. The minimum atomic E-state index is 0.467. The maximum Gasteiger partial charge on any atom is 0.0897 e. The maximum absolute atomic E-state index is 6.10. The van der Waals surface area contributed by atoms with E-state index in [0.29, 0.717) is 11.8 Å². The van der Waals surface area contributed by atoms with Crippen molar-refractivity contribution in [3.05, 3.63) is 51.5 Å². The molecule has 3 heteroatoms. The Kier molecular flexibility index (Phi) is 4.79. The molecule has 96 valence electrons. The normalized spacial score (nSPS) is 12.6. The molecule has 1 nitrogen and oxygen atoms in total. The van der Waals surface area contributed by atoms with Gasteiger partial charge < -0.3 is 0 Å². The van der Waals surface area contributed by atoms with E-state index in [-0.39, 0.29) is 0 Å². The molecule has 0 saturated heterocycles. The Labute approximate surface area is 118 Å². The number of halogens is 1. The van der Waals surface area contributed by atoms with Crippen LogP contribution in [0.2, 0.25) is 0 Å². The van der Waals surface area contributed by atoms with E-state index in [0.717, 1.165) is 17.8 Å². The maximum atomic E-state index is 6.10. The van der Waals surface area contributed by atoms with Gasteiger partial charge in [-0.05, 0) is 43.7 Å². The summed E-state index contributed by atoms with van der Waals surface area (Å²) in [5.41, 5.74) is 3.92. The van der Waals surface area contributed by atoms with Crippen molar-refractivity contribution in [3.63, 3.8) is 0 Å². The van der Waals surface area contributed by atoms with Crippen molar-refractivity contribution in [2.45, 2.75) is 26.7 Å². The third-order valence-electron chi connectivity index (χ3n) is 3.15. The van der Waals surface area contributed by atoms with Crippen LogP contribution >= 0.6 is 22.9 Å². The SMILES string of the molecule is Cc1nc(CC(CCl)Cc2ccccc2C)cs1. The molecule has 0 radical (unpaired) electrons. The van der Waals surface area contributed by atoms with E-state index in [2.05, 4.69) is 41.6 Å². The van der Waals surface area contributed by atoms with Crippen molar-refractivity contribution >= 4 is 22.9 Å². The predicted octanol–water partition coefficient (Wildman–Crippen LogP) is 4.40. The lowest BCUT2D eigenvalue weighted by Crippen LogP contribution is -2.11. The number of nitrogens with zero attached hydrogens (tertiary/aromatic N) is 1. The van der Waals surface area contributed by atoms with Gasteiger partial charge in [-0.3, -0.25) is 0 Å². The van der Waals surface area contributed by atoms with Gasteiger partial charge in [-0.2, -0.15) is 0 Å². The third-order valence-corrected chi connectivity index (χ3v) is 4.41. The Morgan fingerprint density at radius 3 is 2.61 bits per heavy atom. The van der Waals surface area contributed by atoms with E-state index in [1.54, 1.807) is 11.3 Å². The Morgan fingerprint density at radius 1 is 1.22 bits per heavy atom. The van der Waals surface area contributed by atoms with E-state index < -0.39 is 0 Å². The molecule has 1 aromatic carbocycles. The van der Waals surface area contributed by atoms with Crippen molar-refractivity contribution in [2.75, 3.05) is 5.88 Å². The van der Waals surface area contributed by atoms with Crippen molar-refractivity contribution in [2.24, 2.45) is 5.92 Å². The van der Waals surface area contributed by atoms with Crippen LogP contribution in [0.1, 0.15) is 21.8 Å². The van der Waals surface area contributed by atoms with Gasteiger partial charge in [-0.25, -0.2) is 4.98 Å². The molecule has 0 bridgehead atoms. The molecule has 0 saturated carbocycles. The molecule has 1 heterocycles. The Balaban J connectivity index is 2.04. The smallest absolute Gasteiger partial charge is 0.0897 e. The van der Waals surface area contributed by atoms with Crippen molar-refractivity contribution in [1.82, 2.24) is 4.98 Å². The monoisotopic (exact) mass is 279 g/mol. The summed E-state index contributed by atoms with van der Waals surface area (Å²) in [5.74, 6) is 1.15. The molecule has 0 aliphatic carbocycles. The number of aromatic nitrogens is 1. The topological polar surface area (TPSA) is 12.9 Å². The molecular weight excluding hydrogens is 262 g/mol. The quantitative estimate of drug-likeness (QED) is 0.739. The summed E-state index contributed by atoms with van der Waals surface area (Å²) < 4.78 is 0. The first-order chi connectivity index (χ1) is 8.69. The largest absolute Gasteiger partial charge is 0.247 e. The average molecular weight is 280 g/mol. The first kappa shape index (κ1) is 13.6. The molecular formula is C15H18ClNS. The number of benzene rings is 1. The van der Waals surface area contributed by atoms with Gasteiger partial charge in [-0.1, -0.05) is 24.3 Å². The molecule has 0 spiro atoms. The fourth-order valence-electron chi connectivity index (χ4n) is 2.13. The van der Waals surface area contributed by atoms with E-state index in [1.165, 1.54) is 16.8 Å². The molecule has 2 rings (SSSR count). The summed E-state index contributed by atoms with van der Waals surface area (Å²) in [6.07, 6.45) is 2.01. The summed E-state index contributed by atoms with van der Waals surface area (Å²) in [6.45, 7) is 4.21. The highest BCUT2D eigenvalue weighted by molar-refractivity contribution is 7.09. The highest BCUT2D eigenvalue weighted by Crippen LogP contribution is 2.19. The molecule has 1 atom stereocenters. The average Bonchev–Trinajstić information content (AvgIpc) is 2.76. The lowest BCUT2D eigenvalue weighted by atomic mass is 9.94. The highest BCUT2D eigenvalue weighted by atomic mass is 35.5. The van der Waals surface area contributed by atoms with Crippen LogP contribution in [-0.4, -0.2) is 10.9 Å². The Bertz CT molecular complexity index is 507. The first-order valence-corrected chi connectivity index (χ1v) is 7.62. The van der Waals surface area contributed by atoms with Crippen LogP contribution in [0.5, 0.6) is 0 Å². The lowest BCUT2D eigenvalue weighted by Gasteiger charge is -2.14. The third kappa shape index (κ3) is 3.56. The second-order valence-electron chi connectivity index (χ2n) is 4.71. The van der Waals surface area contributed by atoms with Gasteiger partial charge in [0.15, 0.2) is 0 Å². The number of rotatable bonds is 5. The first-order valence-electron chi connectivity index (χ1n) is 6.20. The second-order valence-corrected chi connectivity index (χ2v) is 6.08. The van der Waals surface area contributed by atoms with Gasteiger partial charge in [0.25, 0.3) is 0 Å². The van der Waals surface area contributed by atoms with Gasteiger partial charge in [-0.15, -0.1) is 22.9 Å². The predicted molar refractivity (Wildman–Crippen MR) is 79.6 cm³/mol. The molecule has 0 fully saturated rings. The molecule has 18 heavy (non-hydrogen) atoms. The molecule has 0 aliphatic heterocycles. The number of hydrogen-bond acceptors (Lipinski definition) is 2. The van der Waals surface area contributed by atoms with Crippen molar-refractivity contribution in [3.8, 4) is 0 Å². The van der Waals surface area contributed by atoms with E-state index in [4.69, 9.17) is 11.6 Å². The zero-order valence-corrected chi connectivity index (χ0v) is 12.4. The number of thiazole rings is 1. The molecule has 0 aliphatic rings. The summed E-state index contributed by atoms with van der Waals surface area (Å²) in [7, 11) is 0. The molecule has 0 amide bonds. The number of alkyl halides is 1. The molecule has 0 N–H and O–H groups in total. The van der Waals surface area contributed by atoms with E-state index >= 15 is 0 Å². The second kappa shape index (κ2) is 6.35. The van der Waals surface area contributed by atoms with Gasteiger partial charge in [0.2, 0.25) is 0 Å². The highest BCUT2D eigenvalue weighted by Gasteiger charge is 2.12. The standard InChI is InChI=1S/C15H18ClNS/c1-11-5-3-4-6-14(11)7-13(9-16)8-15-10-18-12(2)17-15/h3-6,10,13H,7-9H2,1-2H3.